The standard InChI is InChI=1S/C49H72N8O10/c1-12-32(5)44(56(9)42(60)28-50-49(64)43(31(3)4)55(7)8)40(65-10)27-41(59)57-25-17-20-39(57)45(66-11)33(6)46(61)53-38(26-34-18-15-14-16-19-34)48(63)54-67-29-35-21-23-36(24-22-35)52-47(62)37(13-2)51-30-58/h2,14-16,18-19,21-24,30-33,37-40,43-45H,12,17,20,25-29H2,1,3-11H3,(H,50,64)(H,51,58)(H,52,62)(H,53,61)(H,54,63)/t32-,33+,37+,38-,39-,40+,43-,44-,45+/m0/s1. The van der Waals surface area contributed by atoms with Crippen LogP contribution in [-0.4, -0.2) is 147 Å². The lowest BCUT2D eigenvalue weighted by atomic mass is 9.90. The van der Waals surface area contributed by atoms with Gasteiger partial charge in [0.05, 0.1) is 55.8 Å². The molecule has 368 valence electrons. The molecule has 7 amide bonds. The molecular formula is C49H72N8O10. The van der Waals surface area contributed by atoms with Crippen LogP contribution in [0.2, 0.25) is 0 Å². The quantitative estimate of drug-likeness (QED) is 0.0498. The van der Waals surface area contributed by atoms with Gasteiger partial charge in [0, 0.05) is 39.9 Å². The Morgan fingerprint density at radius 1 is 0.896 bits per heavy atom. The van der Waals surface area contributed by atoms with Gasteiger partial charge in [0.15, 0.2) is 6.04 Å². The van der Waals surface area contributed by atoms with Crippen LogP contribution in [0.5, 0.6) is 0 Å². The monoisotopic (exact) mass is 933 g/mol. The van der Waals surface area contributed by atoms with Crippen LogP contribution in [0.4, 0.5) is 5.69 Å². The molecule has 9 atom stereocenters. The number of amides is 7. The zero-order chi connectivity index (χ0) is 49.8. The number of nitrogens with zero attached hydrogens (tertiary/aromatic N) is 3. The first-order chi connectivity index (χ1) is 31.9. The lowest BCUT2D eigenvalue weighted by Crippen LogP contribution is -2.55. The molecule has 2 aromatic carbocycles. The lowest BCUT2D eigenvalue weighted by Gasteiger charge is -2.39. The van der Waals surface area contributed by atoms with Gasteiger partial charge in [-0.05, 0) is 62.0 Å². The van der Waals surface area contributed by atoms with Crippen LogP contribution in [0.15, 0.2) is 54.6 Å². The summed E-state index contributed by atoms with van der Waals surface area (Å²) < 4.78 is 11.9. The van der Waals surface area contributed by atoms with Crippen molar-refractivity contribution in [2.45, 2.75) is 116 Å². The summed E-state index contributed by atoms with van der Waals surface area (Å²) in [6.07, 6.45) is 6.33. The molecule has 1 aliphatic rings. The largest absolute Gasteiger partial charge is 0.379 e. The van der Waals surface area contributed by atoms with Crippen molar-refractivity contribution in [1.82, 2.24) is 36.1 Å². The maximum Gasteiger partial charge on any atom is 0.266 e. The number of terminal acetylenes is 1. The minimum absolute atomic E-state index is 0.0335. The van der Waals surface area contributed by atoms with Crippen molar-refractivity contribution in [3.63, 3.8) is 0 Å². The van der Waals surface area contributed by atoms with Crippen molar-refractivity contribution in [2.75, 3.05) is 53.8 Å². The molecule has 1 aliphatic heterocycles. The zero-order valence-electron chi connectivity index (χ0n) is 40.7. The van der Waals surface area contributed by atoms with Gasteiger partial charge in [-0.25, -0.2) is 5.48 Å². The van der Waals surface area contributed by atoms with E-state index in [4.69, 9.17) is 20.7 Å². The highest BCUT2D eigenvalue weighted by atomic mass is 16.7. The number of benzene rings is 2. The molecule has 0 aliphatic carbocycles. The van der Waals surface area contributed by atoms with Gasteiger partial charge in [-0.2, -0.15) is 0 Å². The summed E-state index contributed by atoms with van der Waals surface area (Å²) in [5, 5.41) is 10.5. The number of likely N-dealkylation sites (N-methyl/N-ethyl adjacent to an activating group) is 2. The van der Waals surface area contributed by atoms with Gasteiger partial charge in [-0.3, -0.25) is 43.3 Å². The van der Waals surface area contributed by atoms with Crippen molar-refractivity contribution < 1.29 is 47.9 Å². The van der Waals surface area contributed by atoms with Crippen molar-refractivity contribution in [3.05, 3.63) is 65.7 Å². The van der Waals surface area contributed by atoms with Crippen molar-refractivity contribution in [3.8, 4) is 12.3 Å². The Labute approximate surface area is 395 Å². The number of carbonyl (C=O) groups is 7. The molecule has 0 unspecified atom stereocenters. The summed E-state index contributed by atoms with van der Waals surface area (Å²) >= 11 is 0. The number of hydrogen-bond acceptors (Lipinski definition) is 11. The molecule has 0 aromatic heterocycles. The second kappa shape index (κ2) is 27.7. The number of carbonyl (C=O) groups excluding carboxylic acids is 7. The van der Waals surface area contributed by atoms with E-state index in [2.05, 4.69) is 32.7 Å². The minimum atomic E-state index is -1.13. The average molecular weight is 933 g/mol. The van der Waals surface area contributed by atoms with Gasteiger partial charge >= 0.3 is 0 Å². The number of hydroxylamine groups is 1. The van der Waals surface area contributed by atoms with E-state index in [9.17, 15) is 33.6 Å². The Morgan fingerprint density at radius 2 is 1.57 bits per heavy atom. The van der Waals surface area contributed by atoms with Gasteiger partial charge in [0.25, 0.3) is 11.8 Å². The fourth-order valence-corrected chi connectivity index (χ4v) is 8.64. The normalized spacial score (nSPS) is 17.1. The lowest BCUT2D eigenvalue weighted by molar-refractivity contribution is -0.146. The van der Waals surface area contributed by atoms with Crippen LogP contribution >= 0.6 is 0 Å². The average Bonchev–Trinajstić information content (AvgIpc) is 3.79. The van der Waals surface area contributed by atoms with Crippen LogP contribution in [0.25, 0.3) is 0 Å². The maximum absolute atomic E-state index is 14.3. The predicted molar refractivity (Wildman–Crippen MR) is 253 cm³/mol. The molecular weight excluding hydrogens is 861 g/mol. The van der Waals surface area contributed by atoms with E-state index < -0.39 is 66.1 Å². The number of rotatable bonds is 27. The van der Waals surface area contributed by atoms with Gasteiger partial charge in [0.2, 0.25) is 30.0 Å². The fraction of sp³-hybridized carbons (Fsp3) is 0.571. The van der Waals surface area contributed by atoms with Gasteiger partial charge in [0.1, 0.15) is 6.04 Å². The van der Waals surface area contributed by atoms with Crippen molar-refractivity contribution >= 4 is 47.5 Å². The van der Waals surface area contributed by atoms with Crippen LogP contribution in [0.1, 0.15) is 71.4 Å². The van der Waals surface area contributed by atoms with E-state index in [0.29, 0.717) is 43.5 Å². The molecule has 0 saturated carbocycles. The third kappa shape index (κ3) is 16.2. The number of anilines is 1. The number of likely N-dealkylation sites (tertiary alicyclic amines) is 1. The summed E-state index contributed by atoms with van der Waals surface area (Å²) in [6.45, 7) is 9.79. The van der Waals surface area contributed by atoms with Crippen molar-refractivity contribution in [1.29, 1.82) is 0 Å². The van der Waals surface area contributed by atoms with Gasteiger partial charge in [-0.15, -0.1) is 6.42 Å². The molecule has 18 nitrogen and oxygen atoms in total. The summed E-state index contributed by atoms with van der Waals surface area (Å²) in [7, 11) is 8.33. The van der Waals surface area contributed by atoms with Gasteiger partial charge in [-0.1, -0.05) is 89.4 Å². The topological polar surface area (TPSA) is 217 Å². The Morgan fingerprint density at radius 3 is 2.13 bits per heavy atom. The van der Waals surface area contributed by atoms with Crippen LogP contribution < -0.4 is 26.7 Å². The minimum Gasteiger partial charge on any atom is -0.379 e. The van der Waals surface area contributed by atoms with E-state index in [0.717, 1.165) is 5.56 Å². The van der Waals surface area contributed by atoms with E-state index >= 15 is 0 Å². The molecule has 0 radical (unpaired) electrons. The maximum atomic E-state index is 14.3. The summed E-state index contributed by atoms with van der Waals surface area (Å²) in [5.41, 5.74) is 4.33. The first-order valence-electron chi connectivity index (χ1n) is 22.8. The third-order valence-corrected chi connectivity index (χ3v) is 12.4. The highest BCUT2D eigenvalue weighted by Crippen LogP contribution is 2.29. The molecule has 1 heterocycles. The summed E-state index contributed by atoms with van der Waals surface area (Å²) in [6, 6.07) is 12.2. The van der Waals surface area contributed by atoms with E-state index in [1.165, 1.54) is 14.2 Å². The zero-order valence-corrected chi connectivity index (χ0v) is 40.7. The van der Waals surface area contributed by atoms with Gasteiger partial charge < -0.3 is 40.5 Å². The molecule has 3 rings (SSSR count). The predicted octanol–water partition coefficient (Wildman–Crippen LogP) is 2.27. The van der Waals surface area contributed by atoms with Crippen LogP contribution in [0.3, 0.4) is 0 Å². The second-order valence-corrected chi connectivity index (χ2v) is 17.6. The highest BCUT2D eigenvalue weighted by Gasteiger charge is 2.42. The number of methoxy groups -OCH3 is 2. The Balaban J connectivity index is 1.70. The molecule has 67 heavy (non-hydrogen) atoms. The summed E-state index contributed by atoms with van der Waals surface area (Å²) in [4.78, 5) is 102. The molecule has 1 saturated heterocycles. The Kier molecular flexibility index (Phi) is 22.9. The number of hydrogen-bond donors (Lipinski definition) is 5. The fourth-order valence-electron chi connectivity index (χ4n) is 8.64. The third-order valence-electron chi connectivity index (χ3n) is 12.4. The van der Waals surface area contributed by atoms with E-state index in [-0.39, 0.29) is 55.6 Å². The van der Waals surface area contributed by atoms with Crippen molar-refractivity contribution in [2.24, 2.45) is 17.8 Å². The molecule has 5 N–H and O–H groups in total. The SMILES string of the molecule is C#C[C@@H](NC=O)C(=O)Nc1ccc(CONC(=O)[C@H](Cc2ccccc2)NC(=O)[C@H](C)[C@@H](OC)[C@@H]2CCCN2C(=O)C[C@@H](OC)[C@H]([C@@H](C)CC)N(C)C(=O)CNC(=O)[C@H](C(C)C)N(C)C)cc1. The number of ether oxygens (including phenoxy) is 2. The smallest absolute Gasteiger partial charge is 0.266 e. The molecule has 1 fully saturated rings. The summed E-state index contributed by atoms with van der Waals surface area (Å²) in [5.74, 6) is -1.03. The first-order valence-corrected chi connectivity index (χ1v) is 22.8. The highest BCUT2D eigenvalue weighted by molar-refractivity contribution is 5.98. The second-order valence-electron chi connectivity index (χ2n) is 17.6. The van der Waals surface area contributed by atoms with Crippen LogP contribution in [0, 0.1) is 30.1 Å². The first kappa shape index (κ1) is 55.5. The van der Waals surface area contributed by atoms with Crippen LogP contribution in [-0.2, 0) is 60.9 Å². The molecule has 2 aromatic rings. The molecule has 0 bridgehead atoms. The number of nitrogens with one attached hydrogen (secondary N) is 5. The molecule has 0 spiro atoms. The Bertz CT molecular complexity index is 1970. The van der Waals surface area contributed by atoms with E-state index in [1.807, 2.05) is 77.0 Å². The van der Waals surface area contributed by atoms with E-state index in [1.54, 1.807) is 48.0 Å². The Hall–Kier alpha value is -5.87. The molecule has 18 heteroatoms.